The van der Waals surface area contributed by atoms with Gasteiger partial charge in [-0.15, -0.1) is 0 Å². The Morgan fingerprint density at radius 3 is 1.00 bits per heavy atom. The normalized spacial score (nSPS) is 12.3. The van der Waals surface area contributed by atoms with Crippen LogP contribution in [0.4, 0.5) is 0 Å². The van der Waals surface area contributed by atoms with Gasteiger partial charge in [-0.1, -0.05) is 166 Å². The molecule has 0 radical (unpaired) electrons. The second-order valence-corrected chi connectivity index (χ2v) is 15.7. The van der Waals surface area contributed by atoms with Gasteiger partial charge in [0.15, 0.2) is 6.10 Å². The molecular weight excluding hydrogens is 685 g/mol. The number of ether oxygens (including phenoxy) is 3. The van der Waals surface area contributed by atoms with E-state index in [1.807, 2.05) is 0 Å². The molecule has 55 heavy (non-hydrogen) atoms. The standard InChI is InChI=1S/C49H88O6/c1-4-7-10-13-16-19-22-24-26-27-30-33-36-39-42-48(51)54-45-46(44-53-47(50)41-38-35-32-29-21-18-15-12-9-6-3)55-49(52)43-40-37-34-31-28-25-23-20-17-14-11-8-5-2/h12,15,20,22-24,46H,4-11,13-14,16-19,21,25-45H2,1-3H3/b15-12-,23-20-,24-22-. The van der Waals surface area contributed by atoms with Crippen molar-refractivity contribution in [3.05, 3.63) is 36.5 Å². The molecule has 0 bridgehead atoms. The molecule has 0 amide bonds. The summed E-state index contributed by atoms with van der Waals surface area (Å²) in [4.78, 5) is 37.7. The van der Waals surface area contributed by atoms with Gasteiger partial charge in [0, 0.05) is 19.3 Å². The van der Waals surface area contributed by atoms with Crippen LogP contribution in [0.25, 0.3) is 0 Å². The van der Waals surface area contributed by atoms with E-state index >= 15 is 0 Å². The van der Waals surface area contributed by atoms with Gasteiger partial charge >= 0.3 is 17.9 Å². The summed E-state index contributed by atoms with van der Waals surface area (Å²) in [5.41, 5.74) is 0. The lowest BCUT2D eigenvalue weighted by Gasteiger charge is -2.18. The molecule has 0 rings (SSSR count). The van der Waals surface area contributed by atoms with Crippen molar-refractivity contribution >= 4 is 17.9 Å². The lowest BCUT2D eigenvalue weighted by atomic mass is 10.1. The van der Waals surface area contributed by atoms with E-state index in [1.165, 1.54) is 109 Å². The van der Waals surface area contributed by atoms with Crippen LogP contribution in [0, 0.1) is 0 Å². The van der Waals surface area contributed by atoms with Crippen molar-refractivity contribution in [3.63, 3.8) is 0 Å². The molecule has 6 heteroatoms. The number of hydrogen-bond acceptors (Lipinski definition) is 6. The van der Waals surface area contributed by atoms with Gasteiger partial charge < -0.3 is 14.2 Å². The maximum Gasteiger partial charge on any atom is 0.306 e. The highest BCUT2D eigenvalue weighted by Gasteiger charge is 2.19. The Hall–Kier alpha value is -2.37. The van der Waals surface area contributed by atoms with Crippen LogP contribution in [0.3, 0.4) is 0 Å². The van der Waals surface area contributed by atoms with Crippen molar-refractivity contribution in [2.45, 2.75) is 245 Å². The van der Waals surface area contributed by atoms with Crippen LogP contribution in [-0.4, -0.2) is 37.2 Å². The molecule has 6 nitrogen and oxygen atoms in total. The van der Waals surface area contributed by atoms with Crippen molar-refractivity contribution in [3.8, 4) is 0 Å². The van der Waals surface area contributed by atoms with Gasteiger partial charge in [0.05, 0.1) is 0 Å². The predicted molar refractivity (Wildman–Crippen MR) is 233 cm³/mol. The van der Waals surface area contributed by atoms with Crippen LogP contribution >= 0.6 is 0 Å². The van der Waals surface area contributed by atoms with E-state index in [4.69, 9.17) is 14.2 Å². The molecule has 0 aromatic heterocycles. The lowest BCUT2D eigenvalue weighted by molar-refractivity contribution is -0.167. The fourth-order valence-corrected chi connectivity index (χ4v) is 6.49. The van der Waals surface area contributed by atoms with E-state index < -0.39 is 6.10 Å². The van der Waals surface area contributed by atoms with Crippen molar-refractivity contribution in [2.24, 2.45) is 0 Å². The average molecular weight is 773 g/mol. The highest BCUT2D eigenvalue weighted by Crippen LogP contribution is 2.13. The number of hydrogen-bond donors (Lipinski definition) is 0. The van der Waals surface area contributed by atoms with Crippen LogP contribution in [0.5, 0.6) is 0 Å². The number of rotatable bonds is 42. The number of unbranched alkanes of at least 4 members (excludes halogenated alkanes) is 25. The first-order chi connectivity index (χ1) is 27.0. The molecule has 0 saturated heterocycles. The highest BCUT2D eigenvalue weighted by molar-refractivity contribution is 5.71. The average Bonchev–Trinajstić information content (AvgIpc) is 3.18. The minimum atomic E-state index is -0.778. The number of carbonyl (C=O) groups is 3. The summed E-state index contributed by atoms with van der Waals surface area (Å²) in [7, 11) is 0. The SMILES string of the molecule is CCC/C=C\CCCCCCCC(=O)OCC(COC(=O)CCCCCCC/C=C\CCCCCCC)OC(=O)CCCCCCC/C=C\CCCCCC. The topological polar surface area (TPSA) is 78.9 Å². The van der Waals surface area contributed by atoms with Gasteiger partial charge in [0.25, 0.3) is 0 Å². The zero-order chi connectivity index (χ0) is 40.1. The zero-order valence-electron chi connectivity index (χ0n) is 36.4. The molecule has 0 aromatic rings. The van der Waals surface area contributed by atoms with Gasteiger partial charge in [-0.25, -0.2) is 0 Å². The van der Waals surface area contributed by atoms with Crippen molar-refractivity contribution in [2.75, 3.05) is 13.2 Å². The third-order valence-corrected chi connectivity index (χ3v) is 10.1. The first kappa shape index (κ1) is 52.6. The van der Waals surface area contributed by atoms with E-state index in [2.05, 4.69) is 57.2 Å². The fourth-order valence-electron chi connectivity index (χ4n) is 6.49. The molecule has 0 heterocycles. The summed E-state index contributed by atoms with van der Waals surface area (Å²) in [6, 6.07) is 0. The Bertz CT molecular complexity index is 938. The molecule has 0 aliphatic carbocycles. The number of allylic oxidation sites excluding steroid dienone is 6. The van der Waals surface area contributed by atoms with Crippen LogP contribution in [0.1, 0.15) is 239 Å². The van der Waals surface area contributed by atoms with E-state index in [-0.39, 0.29) is 31.1 Å². The second kappa shape index (κ2) is 44.3. The summed E-state index contributed by atoms with van der Waals surface area (Å²) < 4.78 is 16.7. The first-order valence-corrected chi connectivity index (χ1v) is 23.5. The molecule has 0 N–H and O–H groups in total. The van der Waals surface area contributed by atoms with E-state index in [1.54, 1.807) is 0 Å². The third-order valence-electron chi connectivity index (χ3n) is 10.1. The van der Waals surface area contributed by atoms with Crippen molar-refractivity contribution < 1.29 is 28.6 Å². The largest absolute Gasteiger partial charge is 0.462 e. The maximum absolute atomic E-state index is 12.7. The summed E-state index contributed by atoms with van der Waals surface area (Å²) in [6.45, 7) is 6.53. The third kappa shape index (κ3) is 42.6. The summed E-state index contributed by atoms with van der Waals surface area (Å²) in [5, 5.41) is 0. The van der Waals surface area contributed by atoms with Crippen LogP contribution in [-0.2, 0) is 28.6 Å². The monoisotopic (exact) mass is 773 g/mol. The van der Waals surface area contributed by atoms with Crippen molar-refractivity contribution in [1.82, 2.24) is 0 Å². The highest BCUT2D eigenvalue weighted by atomic mass is 16.6. The van der Waals surface area contributed by atoms with Crippen LogP contribution in [0.15, 0.2) is 36.5 Å². The minimum Gasteiger partial charge on any atom is -0.462 e. The molecular formula is C49H88O6. The number of esters is 3. The van der Waals surface area contributed by atoms with Gasteiger partial charge in [-0.2, -0.15) is 0 Å². The van der Waals surface area contributed by atoms with E-state index in [0.717, 1.165) is 89.9 Å². The molecule has 320 valence electrons. The molecule has 0 saturated carbocycles. The Morgan fingerprint density at radius 1 is 0.345 bits per heavy atom. The quantitative estimate of drug-likeness (QED) is 0.0266. The summed E-state index contributed by atoms with van der Waals surface area (Å²) >= 11 is 0. The molecule has 1 atom stereocenters. The van der Waals surface area contributed by atoms with E-state index in [9.17, 15) is 14.4 Å². The fraction of sp³-hybridized carbons (Fsp3) is 0.816. The molecule has 0 aromatic carbocycles. The zero-order valence-corrected chi connectivity index (χ0v) is 36.4. The van der Waals surface area contributed by atoms with Crippen molar-refractivity contribution in [1.29, 1.82) is 0 Å². The summed E-state index contributed by atoms with van der Waals surface area (Å²) in [6.07, 6.45) is 49.8. The predicted octanol–water partition coefficient (Wildman–Crippen LogP) is 15.0. The molecule has 0 fully saturated rings. The smallest absolute Gasteiger partial charge is 0.306 e. The maximum atomic E-state index is 12.7. The van der Waals surface area contributed by atoms with Crippen LogP contribution < -0.4 is 0 Å². The Labute approximate surface area is 340 Å². The van der Waals surface area contributed by atoms with Gasteiger partial charge in [0.1, 0.15) is 13.2 Å². The molecule has 1 unspecified atom stereocenters. The van der Waals surface area contributed by atoms with E-state index in [0.29, 0.717) is 19.3 Å². The molecule has 0 aliphatic heterocycles. The lowest BCUT2D eigenvalue weighted by Crippen LogP contribution is -2.30. The Morgan fingerprint density at radius 2 is 0.636 bits per heavy atom. The van der Waals surface area contributed by atoms with Gasteiger partial charge in [-0.3, -0.25) is 14.4 Å². The molecule has 0 aliphatic rings. The summed E-state index contributed by atoms with van der Waals surface area (Å²) in [5.74, 6) is -0.907. The van der Waals surface area contributed by atoms with Crippen LogP contribution in [0.2, 0.25) is 0 Å². The Balaban J connectivity index is 4.39. The first-order valence-electron chi connectivity index (χ1n) is 23.5. The number of carbonyl (C=O) groups excluding carboxylic acids is 3. The molecule has 0 spiro atoms. The van der Waals surface area contributed by atoms with Gasteiger partial charge in [0.2, 0.25) is 0 Å². The second-order valence-electron chi connectivity index (χ2n) is 15.7. The Kier molecular flexibility index (Phi) is 42.4. The minimum absolute atomic E-state index is 0.0817. The van der Waals surface area contributed by atoms with Gasteiger partial charge in [-0.05, 0) is 89.9 Å².